The molecule has 0 radical (unpaired) electrons. The predicted octanol–water partition coefficient (Wildman–Crippen LogP) is 3.30. The van der Waals surface area contributed by atoms with Crippen LogP contribution < -0.4 is 10.1 Å². The molecule has 1 rings (SSSR count). The number of rotatable bonds is 4. The number of benzene rings is 1. The summed E-state index contributed by atoms with van der Waals surface area (Å²) in [6, 6.07) is 4.34. The van der Waals surface area contributed by atoms with E-state index in [0.717, 1.165) is 18.2 Å². The van der Waals surface area contributed by atoms with Crippen molar-refractivity contribution < 1.29 is 31.1 Å². The minimum Gasteiger partial charge on any atom is -0.406 e. The van der Waals surface area contributed by atoms with E-state index in [2.05, 4.69) is 4.74 Å². The van der Waals surface area contributed by atoms with Gasteiger partial charge in [0.1, 0.15) is 11.8 Å². The number of ether oxygens (including phenoxy) is 1. The molecule has 0 aromatic heterocycles. The van der Waals surface area contributed by atoms with Gasteiger partial charge in [-0.25, -0.2) is 0 Å². The van der Waals surface area contributed by atoms with Crippen LogP contribution in [0.3, 0.4) is 0 Å². The third kappa shape index (κ3) is 5.79. The van der Waals surface area contributed by atoms with E-state index in [4.69, 9.17) is 5.26 Å². The molecule has 0 heterocycles. The molecule has 1 aromatic carbocycles. The van der Waals surface area contributed by atoms with Gasteiger partial charge in [-0.15, -0.1) is 13.2 Å². The fourth-order valence-electron chi connectivity index (χ4n) is 1.35. The van der Waals surface area contributed by atoms with E-state index in [1.807, 2.05) is 5.32 Å². The minimum absolute atomic E-state index is 0.0569. The molecule has 0 saturated carbocycles. The number of alkyl halides is 6. The zero-order chi connectivity index (χ0) is 15.4. The summed E-state index contributed by atoms with van der Waals surface area (Å²) in [6.45, 7) is -1.43. The summed E-state index contributed by atoms with van der Waals surface area (Å²) in [5.74, 6) is -0.607. The summed E-state index contributed by atoms with van der Waals surface area (Å²) in [4.78, 5) is 0. The first-order valence-corrected chi connectivity index (χ1v) is 5.16. The second-order valence-electron chi connectivity index (χ2n) is 3.68. The summed E-state index contributed by atoms with van der Waals surface area (Å²) in [5, 5.41) is 10.6. The molecule has 0 aliphatic rings. The van der Waals surface area contributed by atoms with E-state index in [0.29, 0.717) is 0 Å². The van der Waals surface area contributed by atoms with Crippen LogP contribution in [-0.2, 0) is 0 Å². The SMILES string of the molecule is N#CC(NCC(F)(F)F)c1cccc(OC(F)(F)F)c1. The minimum atomic E-state index is -4.92. The Morgan fingerprint density at radius 1 is 1.20 bits per heavy atom. The Bertz CT molecular complexity index is 491. The largest absolute Gasteiger partial charge is 0.573 e. The number of nitriles is 1. The molecule has 1 atom stereocenters. The Morgan fingerprint density at radius 3 is 2.35 bits per heavy atom. The lowest BCUT2D eigenvalue weighted by Gasteiger charge is -2.15. The van der Waals surface area contributed by atoms with E-state index >= 15 is 0 Å². The third-order valence-corrected chi connectivity index (χ3v) is 2.06. The highest BCUT2D eigenvalue weighted by molar-refractivity contribution is 5.33. The van der Waals surface area contributed by atoms with E-state index in [9.17, 15) is 26.3 Å². The highest BCUT2D eigenvalue weighted by Gasteiger charge is 2.32. The van der Waals surface area contributed by atoms with Crippen LogP contribution in [0, 0.1) is 11.3 Å². The number of hydrogen-bond acceptors (Lipinski definition) is 3. The standard InChI is InChI=1S/C11H8F6N2O/c12-10(13,14)6-19-9(5-18)7-2-1-3-8(4-7)20-11(15,16)17/h1-4,9,19H,6H2. The van der Waals surface area contributed by atoms with Gasteiger partial charge in [0, 0.05) is 0 Å². The first kappa shape index (κ1) is 16.1. The van der Waals surface area contributed by atoms with Crippen LogP contribution in [0.25, 0.3) is 0 Å². The van der Waals surface area contributed by atoms with Gasteiger partial charge in [-0.1, -0.05) is 12.1 Å². The molecule has 20 heavy (non-hydrogen) atoms. The highest BCUT2D eigenvalue weighted by Crippen LogP contribution is 2.25. The Kier molecular flexibility index (Phi) is 4.83. The smallest absolute Gasteiger partial charge is 0.406 e. The molecule has 1 N–H and O–H groups in total. The van der Waals surface area contributed by atoms with E-state index in [1.54, 1.807) is 0 Å². The Hall–Kier alpha value is -1.95. The summed E-state index contributed by atoms with van der Waals surface area (Å²) < 4.78 is 75.7. The topological polar surface area (TPSA) is 45.0 Å². The lowest BCUT2D eigenvalue weighted by atomic mass is 10.1. The van der Waals surface area contributed by atoms with Crippen molar-refractivity contribution in [2.24, 2.45) is 0 Å². The van der Waals surface area contributed by atoms with Crippen molar-refractivity contribution in [1.82, 2.24) is 5.32 Å². The first-order chi connectivity index (χ1) is 9.11. The van der Waals surface area contributed by atoms with Gasteiger partial charge in [0.15, 0.2) is 0 Å². The highest BCUT2D eigenvalue weighted by atomic mass is 19.4. The van der Waals surface area contributed by atoms with Gasteiger partial charge in [0.05, 0.1) is 12.6 Å². The molecule has 0 bridgehead atoms. The van der Waals surface area contributed by atoms with Gasteiger partial charge in [-0.3, -0.25) is 5.32 Å². The fourth-order valence-corrected chi connectivity index (χ4v) is 1.35. The van der Waals surface area contributed by atoms with Crippen molar-refractivity contribution in [1.29, 1.82) is 5.26 Å². The molecular weight excluding hydrogens is 290 g/mol. The van der Waals surface area contributed by atoms with Crippen molar-refractivity contribution >= 4 is 0 Å². The second kappa shape index (κ2) is 6.00. The lowest BCUT2D eigenvalue weighted by molar-refractivity contribution is -0.274. The molecular formula is C11H8F6N2O. The number of nitrogens with zero attached hydrogens (tertiary/aromatic N) is 1. The molecule has 9 heteroatoms. The maximum Gasteiger partial charge on any atom is 0.573 e. The molecule has 3 nitrogen and oxygen atoms in total. The van der Waals surface area contributed by atoms with Gasteiger partial charge in [0.2, 0.25) is 0 Å². The van der Waals surface area contributed by atoms with E-state index < -0.39 is 30.9 Å². The summed E-state index contributed by atoms with van der Waals surface area (Å²) in [6.07, 6.45) is -9.45. The molecule has 1 aromatic rings. The van der Waals surface area contributed by atoms with Gasteiger partial charge in [0.25, 0.3) is 0 Å². The monoisotopic (exact) mass is 298 g/mol. The Morgan fingerprint density at radius 2 is 1.85 bits per heavy atom. The average Bonchev–Trinajstić information content (AvgIpc) is 2.26. The molecule has 0 aliphatic heterocycles. The molecule has 110 valence electrons. The summed E-state index contributed by atoms with van der Waals surface area (Å²) >= 11 is 0. The molecule has 0 aliphatic carbocycles. The third-order valence-electron chi connectivity index (χ3n) is 2.06. The molecule has 1 unspecified atom stereocenters. The normalized spacial score (nSPS) is 13.7. The van der Waals surface area contributed by atoms with Gasteiger partial charge >= 0.3 is 12.5 Å². The van der Waals surface area contributed by atoms with E-state index in [1.165, 1.54) is 12.1 Å². The Balaban J connectivity index is 2.83. The zero-order valence-electron chi connectivity index (χ0n) is 9.72. The number of nitrogens with one attached hydrogen (secondary N) is 1. The van der Waals surface area contributed by atoms with Crippen molar-refractivity contribution in [2.45, 2.75) is 18.6 Å². The maximum atomic E-state index is 12.0. The van der Waals surface area contributed by atoms with Crippen LogP contribution in [0.2, 0.25) is 0 Å². The number of hydrogen-bond donors (Lipinski definition) is 1. The van der Waals surface area contributed by atoms with Crippen LogP contribution >= 0.6 is 0 Å². The average molecular weight is 298 g/mol. The van der Waals surface area contributed by atoms with Gasteiger partial charge in [-0.05, 0) is 17.7 Å². The van der Waals surface area contributed by atoms with Crippen LogP contribution in [-0.4, -0.2) is 19.1 Å². The summed E-state index contributed by atoms with van der Waals surface area (Å²) in [5.41, 5.74) is -0.0569. The zero-order valence-corrected chi connectivity index (χ0v) is 9.72. The maximum absolute atomic E-state index is 12.0. The van der Waals surface area contributed by atoms with Crippen molar-refractivity contribution in [3.8, 4) is 11.8 Å². The molecule has 0 amide bonds. The van der Waals surface area contributed by atoms with Gasteiger partial charge < -0.3 is 4.74 Å². The van der Waals surface area contributed by atoms with Crippen molar-refractivity contribution in [2.75, 3.05) is 6.54 Å². The lowest BCUT2D eigenvalue weighted by Crippen LogP contribution is -2.31. The van der Waals surface area contributed by atoms with Crippen LogP contribution in [0.4, 0.5) is 26.3 Å². The van der Waals surface area contributed by atoms with Crippen molar-refractivity contribution in [3.63, 3.8) is 0 Å². The fraction of sp³-hybridized carbons (Fsp3) is 0.364. The quantitative estimate of drug-likeness (QED) is 0.867. The first-order valence-electron chi connectivity index (χ1n) is 5.16. The van der Waals surface area contributed by atoms with E-state index in [-0.39, 0.29) is 5.56 Å². The van der Waals surface area contributed by atoms with Crippen LogP contribution in [0.1, 0.15) is 11.6 Å². The molecule has 0 fully saturated rings. The summed E-state index contributed by atoms with van der Waals surface area (Å²) in [7, 11) is 0. The number of halogens is 6. The van der Waals surface area contributed by atoms with Crippen molar-refractivity contribution in [3.05, 3.63) is 29.8 Å². The van der Waals surface area contributed by atoms with Crippen LogP contribution in [0.5, 0.6) is 5.75 Å². The van der Waals surface area contributed by atoms with Gasteiger partial charge in [-0.2, -0.15) is 18.4 Å². The second-order valence-corrected chi connectivity index (χ2v) is 3.68. The Labute approximate surface area is 109 Å². The van der Waals surface area contributed by atoms with Crippen LogP contribution in [0.15, 0.2) is 24.3 Å². The predicted molar refractivity (Wildman–Crippen MR) is 55.5 cm³/mol. The molecule has 0 spiro atoms. The molecule has 0 saturated heterocycles.